The highest BCUT2D eigenvalue weighted by Crippen LogP contribution is 2.13. The second-order valence-corrected chi connectivity index (χ2v) is 4.59. The molecule has 2 rings (SSSR count). The molecule has 1 heterocycles. The van der Waals surface area contributed by atoms with E-state index >= 15 is 0 Å². The van der Waals surface area contributed by atoms with Gasteiger partial charge < -0.3 is 9.30 Å². The van der Waals surface area contributed by atoms with Crippen LogP contribution in [0.1, 0.15) is 10.4 Å². The van der Waals surface area contributed by atoms with Gasteiger partial charge in [-0.15, -0.1) is 0 Å². The number of pyridine rings is 1. The Morgan fingerprint density at radius 2 is 2.17 bits per heavy atom. The maximum atomic E-state index is 12.2. The maximum absolute atomic E-state index is 12.2. The van der Waals surface area contributed by atoms with Crippen molar-refractivity contribution in [3.63, 3.8) is 0 Å². The topological polar surface area (TPSA) is 48.3 Å². The summed E-state index contributed by atoms with van der Waals surface area (Å²) in [7, 11) is 1.32. The summed E-state index contributed by atoms with van der Waals surface area (Å²) in [5.41, 5.74) is 0.288. The Balaban J connectivity index is 2.63. The minimum Gasteiger partial charge on any atom is -0.465 e. The molecule has 0 bridgehead atoms. The van der Waals surface area contributed by atoms with Gasteiger partial charge >= 0.3 is 5.97 Å². The van der Waals surface area contributed by atoms with Crippen LogP contribution in [-0.2, 0) is 11.3 Å². The molecule has 0 amide bonds. The van der Waals surface area contributed by atoms with Gasteiger partial charge in [0.2, 0.25) is 0 Å². The molecule has 0 N–H and O–H groups in total. The SMILES string of the molecule is COC(=O)c1ccc2ccn(CCBr)c(=O)c2c1. The number of benzene rings is 1. The molecule has 0 unspecified atom stereocenters. The number of ether oxygens (including phenoxy) is 1. The Labute approximate surface area is 112 Å². The fourth-order valence-corrected chi connectivity index (χ4v) is 2.17. The Bertz CT molecular complexity index is 648. The predicted octanol–water partition coefficient (Wildman–Crippen LogP) is 2.18. The molecule has 0 aliphatic rings. The number of rotatable bonds is 3. The summed E-state index contributed by atoms with van der Waals surface area (Å²) in [4.78, 5) is 23.6. The van der Waals surface area contributed by atoms with E-state index in [0.29, 0.717) is 22.8 Å². The summed E-state index contributed by atoms with van der Waals surface area (Å²) < 4.78 is 6.26. The van der Waals surface area contributed by atoms with Crippen LogP contribution in [0.15, 0.2) is 35.3 Å². The third-order valence-electron chi connectivity index (χ3n) is 2.73. The number of aromatic nitrogens is 1. The lowest BCUT2D eigenvalue weighted by Gasteiger charge is -2.06. The number of hydrogen-bond donors (Lipinski definition) is 0. The predicted molar refractivity (Wildman–Crippen MR) is 73.3 cm³/mol. The lowest BCUT2D eigenvalue weighted by molar-refractivity contribution is 0.0601. The Morgan fingerprint density at radius 3 is 2.83 bits per heavy atom. The quantitative estimate of drug-likeness (QED) is 0.645. The van der Waals surface area contributed by atoms with Crippen LogP contribution in [-0.4, -0.2) is 23.0 Å². The Morgan fingerprint density at radius 1 is 1.39 bits per heavy atom. The molecule has 2 aromatic rings. The van der Waals surface area contributed by atoms with Crippen LogP contribution < -0.4 is 5.56 Å². The molecular weight excluding hydrogens is 298 g/mol. The van der Waals surface area contributed by atoms with E-state index in [2.05, 4.69) is 20.7 Å². The number of alkyl halides is 1. The van der Waals surface area contributed by atoms with E-state index in [4.69, 9.17) is 0 Å². The average molecular weight is 310 g/mol. The van der Waals surface area contributed by atoms with Gasteiger partial charge in [-0.25, -0.2) is 4.79 Å². The zero-order valence-corrected chi connectivity index (χ0v) is 11.4. The van der Waals surface area contributed by atoms with E-state index in [-0.39, 0.29) is 5.56 Å². The second-order valence-electron chi connectivity index (χ2n) is 3.80. The van der Waals surface area contributed by atoms with Gasteiger partial charge in [-0.2, -0.15) is 0 Å². The fraction of sp³-hybridized carbons (Fsp3) is 0.231. The standard InChI is InChI=1S/C13H12BrNO3/c1-18-13(17)10-3-2-9-4-6-15(7-5-14)12(16)11(9)8-10/h2-4,6,8H,5,7H2,1H3. The molecule has 0 aliphatic carbocycles. The van der Waals surface area contributed by atoms with Gasteiger partial charge in [-0.05, 0) is 23.6 Å². The largest absolute Gasteiger partial charge is 0.465 e. The van der Waals surface area contributed by atoms with Crippen molar-refractivity contribution in [1.29, 1.82) is 0 Å². The first-order valence-corrected chi connectivity index (χ1v) is 6.57. The third kappa shape index (κ3) is 2.31. The van der Waals surface area contributed by atoms with E-state index in [1.165, 1.54) is 7.11 Å². The highest BCUT2D eigenvalue weighted by Gasteiger charge is 2.08. The van der Waals surface area contributed by atoms with Gasteiger partial charge in [0, 0.05) is 23.5 Å². The van der Waals surface area contributed by atoms with E-state index in [1.807, 2.05) is 6.07 Å². The van der Waals surface area contributed by atoms with Crippen molar-refractivity contribution < 1.29 is 9.53 Å². The van der Waals surface area contributed by atoms with Crippen molar-refractivity contribution in [3.8, 4) is 0 Å². The molecule has 94 valence electrons. The van der Waals surface area contributed by atoms with Gasteiger partial charge in [0.1, 0.15) is 0 Å². The number of hydrogen-bond acceptors (Lipinski definition) is 3. The molecule has 0 atom stereocenters. The van der Waals surface area contributed by atoms with Crippen molar-refractivity contribution in [1.82, 2.24) is 4.57 Å². The number of nitrogens with zero attached hydrogens (tertiary/aromatic N) is 1. The normalized spacial score (nSPS) is 10.6. The summed E-state index contributed by atoms with van der Waals surface area (Å²) in [5, 5.41) is 2.05. The van der Waals surface area contributed by atoms with Gasteiger partial charge in [-0.1, -0.05) is 22.0 Å². The lowest BCUT2D eigenvalue weighted by Crippen LogP contribution is -2.20. The van der Waals surface area contributed by atoms with Gasteiger partial charge in [0.15, 0.2) is 0 Å². The van der Waals surface area contributed by atoms with E-state index in [9.17, 15) is 9.59 Å². The number of methoxy groups -OCH3 is 1. The maximum Gasteiger partial charge on any atom is 0.337 e. The van der Waals surface area contributed by atoms with Crippen molar-refractivity contribution in [3.05, 3.63) is 46.4 Å². The van der Waals surface area contributed by atoms with Crippen LogP contribution in [0.25, 0.3) is 10.8 Å². The number of carbonyl (C=O) groups excluding carboxylic acids is 1. The van der Waals surface area contributed by atoms with E-state index in [1.54, 1.807) is 29.0 Å². The lowest BCUT2D eigenvalue weighted by atomic mass is 10.1. The van der Waals surface area contributed by atoms with Gasteiger partial charge in [0.05, 0.1) is 12.7 Å². The monoisotopic (exact) mass is 309 g/mol. The molecule has 5 heteroatoms. The average Bonchev–Trinajstić information content (AvgIpc) is 2.41. The summed E-state index contributed by atoms with van der Waals surface area (Å²) in [6.45, 7) is 0.594. The van der Waals surface area contributed by atoms with Crippen molar-refractivity contribution in [2.75, 3.05) is 12.4 Å². The summed E-state index contributed by atoms with van der Waals surface area (Å²) in [5.74, 6) is -0.438. The second kappa shape index (κ2) is 5.35. The number of fused-ring (bicyclic) bond motifs is 1. The molecule has 0 aliphatic heterocycles. The number of aryl methyl sites for hydroxylation is 1. The third-order valence-corrected chi connectivity index (χ3v) is 3.08. The number of esters is 1. The first-order chi connectivity index (χ1) is 8.67. The highest BCUT2D eigenvalue weighted by atomic mass is 79.9. The van der Waals surface area contributed by atoms with Gasteiger partial charge in [0.25, 0.3) is 5.56 Å². The van der Waals surface area contributed by atoms with Gasteiger partial charge in [-0.3, -0.25) is 4.79 Å². The minimum atomic E-state index is -0.438. The van der Waals surface area contributed by atoms with E-state index < -0.39 is 5.97 Å². The van der Waals surface area contributed by atoms with Crippen LogP contribution in [0.2, 0.25) is 0 Å². The van der Waals surface area contributed by atoms with Crippen LogP contribution >= 0.6 is 15.9 Å². The van der Waals surface area contributed by atoms with Crippen LogP contribution in [0.5, 0.6) is 0 Å². The first kappa shape index (κ1) is 12.8. The number of carbonyl (C=O) groups is 1. The summed E-state index contributed by atoms with van der Waals surface area (Å²) >= 11 is 3.30. The number of halogens is 1. The highest BCUT2D eigenvalue weighted by molar-refractivity contribution is 9.09. The van der Waals surface area contributed by atoms with Crippen molar-refractivity contribution in [2.45, 2.75) is 6.54 Å². The van der Waals surface area contributed by atoms with Crippen molar-refractivity contribution in [2.24, 2.45) is 0 Å². The van der Waals surface area contributed by atoms with Crippen LogP contribution in [0.3, 0.4) is 0 Å². The summed E-state index contributed by atoms with van der Waals surface area (Å²) in [6.07, 6.45) is 1.75. The Kier molecular flexibility index (Phi) is 3.81. The van der Waals surface area contributed by atoms with Crippen LogP contribution in [0, 0.1) is 0 Å². The Hall–Kier alpha value is -1.62. The molecule has 1 aromatic carbocycles. The molecule has 0 fully saturated rings. The molecule has 18 heavy (non-hydrogen) atoms. The van der Waals surface area contributed by atoms with Crippen molar-refractivity contribution >= 4 is 32.7 Å². The van der Waals surface area contributed by atoms with Crippen LogP contribution in [0.4, 0.5) is 0 Å². The van der Waals surface area contributed by atoms with E-state index in [0.717, 1.165) is 5.39 Å². The molecule has 1 aromatic heterocycles. The summed E-state index contributed by atoms with van der Waals surface area (Å²) in [6, 6.07) is 6.85. The molecule has 0 spiro atoms. The molecule has 0 radical (unpaired) electrons. The molecule has 0 saturated carbocycles. The zero-order chi connectivity index (χ0) is 13.1. The zero-order valence-electron chi connectivity index (χ0n) is 9.85. The first-order valence-electron chi connectivity index (χ1n) is 5.45. The molecular formula is C13H12BrNO3. The smallest absolute Gasteiger partial charge is 0.337 e. The minimum absolute atomic E-state index is 0.0993. The molecule has 4 nitrogen and oxygen atoms in total. The molecule has 0 saturated heterocycles. The fourth-order valence-electron chi connectivity index (χ4n) is 1.79.